The van der Waals surface area contributed by atoms with E-state index in [9.17, 15) is 19.5 Å². The average Bonchev–Trinajstić information content (AvgIpc) is 2.50. The van der Waals surface area contributed by atoms with Crippen molar-refractivity contribution in [1.82, 2.24) is 10.6 Å². The Balaban J connectivity index is 3.89. The van der Waals surface area contributed by atoms with E-state index < -0.39 is 11.3 Å². The SMILES string of the molecule is CC(C)(C)CCC(=O)NCCOCCC(=O)NC(SCC(C)(C)C)C(=O)O. The molecule has 27 heavy (non-hydrogen) atoms. The molecule has 0 fully saturated rings. The third-order valence-electron chi connectivity index (χ3n) is 3.34. The van der Waals surface area contributed by atoms with Crippen LogP contribution in [0.5, 0.6) is 0 Å². The Kier molecular flexibility index (Phi) is 11.7. The Labute approximate surface area is 167 Å². The van der Waals surface area contributed by atoms with Crippen molar-refractivity contribution in [1.29, 1.82) is 0 Å². The molecule has 0 aliphatic rings. The minimum atomic E-state index is -1.06. The van der Waals surface area contributed by atoms with Crippen LogP contribution in [0.15, 0.2) is 0 Å². The summed E-state index contributed by atoms with van der Waals surface area (Å²) in [6.07, 6.45) is 1.38. The van der Waals surface area contributed by atoms with Gasteiger partial charge in [-0.1, -0.05) is 41.5 Å². The number of amides is 2. The molecule has 0 spiro atoms. The number of hydrogen-bond acceptors (Lipinski definition) is 5. The summed E-state index contributed by atoms with van der Waals surface area (Å²) in [6, 6.07) is 0. The van der Waals surface area contributed by atoms with Gasteiger partial charge in [0.25, 0.3) is 0 Å². The molecule has 0 aromatic carbocycles. The highest BCUT2D eigenvalue weighted by molar-refractivity contribution is 8.00. The number of thioether (sulfide) groups is 1. The van der Waals surface area contributed by atoms with Crippen molar-refractivity contribution in [2.75, 3.05) is 25.5 Å². The van der Waals surface area contributed by atoms with Crippen LogP contribution in [0.3, 0.4) is 0 Å². The third-order valence-corrected chi connectivity index (χ3v) is 5.03. The number of nitrogens with one attached hydrogen (secondary N) is 2. The van der Waals surface area contributed by atoms with E-state index in [1.165, 1.54) is 11.8 Å². The van der Waals surface area contributed by atoms with Gasteiger partial charge in [-0.15, -0.1) is 11.8 Å². The number of aliphatic carboxylic acids is 1. The van der Waals surface area contributed by atoms with Crippen molar-refractivity contribution >= 4 is 29.5 Å². The number of hydrogen-bond donors (Lipinski definition) is 3. The molecule has 0 aliphatic heterocycles. The Hall–Kier alpha value is -1.28. The van der Waals surface area contributed by atoms with Crippen molar-refractivity contribution in [3.63, 3.8) is 0 Å². The first kappa shape index (κ1) is 25.7. The van der Waals surface area contributed by atoms with Crippen LogP contribution in [-0.2, 0) is 19.1 Å². The lowest BCUT2D eigenvalue weighted by atomic mass is 9.90. The number of carboxylic acids is 1. The summed E-state index contributed by atoms with van der Waals surface area (Å²) < 4.78 is 5.33. The quantitative estimate of drug-likeness (QED) is 0.341. The Morgan fingerprint density at radius 2 is 1.59 bits per heavy atom. The van der Waals surface area contributed by atoms with Gasteiger partial charge < -0.3 is 20.5 Å². The number of carbonyl (C=O) groups excluding carboxylic acids is 2. The lowest BCUT2D eigenvalue weighted by Gasteiger charge is -2.21. The summed E-state index contributed by atoms with van der Waals surface area (Å²) in [5, 5.41) is 13.5. The molecule has 8 heteroatoms. The van der Waals surface area contributed by atoms with E-state index in [1.807, 2.05) is 20.8 Å². The Morgan fingerprint density at radius 3 is 2.11 bits per heavy atom. The second-order valence-electron chi connectivity index (χ2n) is 8.93. The molecule has 3 N–H and O–H groups in total. The van der Waals surface area contributed by atoms with Crippen LogP contribution in [0.2, 0.25) is 0 Å². The maximum absolute atomic E-state index is 11.9. The predicted molar refractivity (Wildman–Crippen MR) is 109 cm³/mol. The zero-order valence-electron chi connectivity index (χ0n) is 17.5. The van der Waals surface area contributed by atoms with Gasteiger partial charge in [-0.2, -0.15) is 0 Å². The Morgan fingerprint density at radius 1 is 0.963 bits per heavy atom. The zero-order chi connectivity index (χ0) is 21.1. The van der Waals surface area contributed by atoms with Crippen molar-refractivity contribution in [2.45, 2.75) is 66.2 Å². The van der Waals surface area contributed by atoms with E-state index in [2.05, 4.69) is 31.4 Å². The minimum absolute atomic E-state index is 0.00792. The largest absolute Gasteiger partial charge is 0.479 e. The Bertz CT molecular complexity index is 483. The van der Waals surface area contributed by atoms with Gasteiger partial charge in [0.05, 0.1) is 19.6 Å². The van der Waals surface area contributed by atoms with Crippen LogP contribution >= 0.6 is 11.8 Å². The smallest absolute Gasteiger partial charge is 0.336 e. The highest BCUT2D eigenvalue weighted by atomic mass is 32.2. The first-order chi connectivity index (χ1) is 12.3. The number of ether oxygens (including phenoxy) is 1. The van der Waals surface area contributed by atoms with Crippen LogP contribution in [0.1, 0.15) is 60.8 Å². The third kappa shape index (κ3) is 16.6. The van der Waals surface area contributed by atoms with Crippen LogP contribution in [0, 0.1) is 10.8 Å². The zero-order valence-corrected chi connectivity index (χ0v) is 18.3. The van der Waals surface area contributed by atoms with Gasteiger partial charge in [0.1, 0.15) is 0 Å². The average molecular weight is 405 g/mol. The van der Waals surface area contributed by atoms with Crippen LogP contribution < -0.4 is 10.6 Å². The fraction of sp³-hybridized carbons (Fsp3) is 0.842. The maximum atomic E-state index is 11.9. The molecule has 1 unspecified atom stereocenters. The molecule has 0 saturated carbocycles. The van der Waals surface area contributed by atoms with Crippen molar-refractivity contribution < 1.29 is 24.2 Å². The van der Waals surface area contributed by atoms with E-state index in [1.54, 1.807) is 0 Å². The van der Waals surface area contributed by atoms with Crippen molar-refractivity contribution in [2.24, 2.45) is 10.8 Å². The van der Waals surface area contributed by atoms with Gasteiger partial charge in [0, 0.05) is 18.7 Å². The summed E-state index contributed by atoms with van der Waals surface area (Å²) in [7, 11) is 0. The highest BCUT2D eigenvalue weighted by Crippen LogP contribution is 2.23. The molecule has 0 heterocycles. The summed E-state index contributed by atoms with van der Waals surface area (Å²) in [5.41, 5.74) is 0.101. The topological polar surface area (TPSA) is 105 Å². The van der Waals surface area contributed by atoms with E-state index in [4.69, 9.17) is 4.74 Å². The van der Waals surface area contributed by atoms with Crippen molar-refractivity contribution in [3.05, 3.63) is 0 Å². The second-order valence-corrected chi connectivity index (χ2v) is 10.0. The molecule has 0 radical (unpaired) electrons. The summed E-state index contributed by atoms with van der Waals surface area (Å²) >= 11 is 1.20. The molecular formula is C19H36N2O5S. The molecule has 0 aliphatic carbocycles. The second kappa shape index (κ2) is 12.2. The fourth-order valence-electron chi connectivity index (χ4n) is 1.83. The van der Waals surface area contributed by atoms with Crippen molar-refractivity contribution in [3.8, 4) is 0 Å². The fourth-order valence-corrected chi connectivity index (χ4v) is 2.86. The minimum Gasteiger partial charge on any atom is -0.479 e. The molecule has 1 atom stereocenters. The van der Waals surface area contributed by atoms with Gasteiger partial charge in [0.2, 0.25) is 11.8 Å². The van der Waals surface area contributed by atoms with Crippen LogP contribution in [-0.4, -0.2) is 53.8 Å². The maximum Gasteiger partial charge on any atom is 0.336 e. The molecule has 0 aromatic rings. The lowest BCUT2D eigenvalue weighted by Crippen LogP contribution is -2.39. The summed E-state index contributed by atoms with van der Waals surface area (Å²) in [6.45, 7) is 13.2. The van der Waals surface area contributed by atoms with E-state index in [0.29, 0.717) is 25.3 Å². The number of carbonyl (C=O) groups is 3. The van der Waals surface area contributed by atoms with Gasteiger partial charge in [-0.05, 0) is 17.3 Å². The number of rotatable bonds is 12. The molecular weight excluding hydrogens is 368 g/mol. The number of carboxylic acid groups (broad SMARTS) is 1. The van der Waals surface area contributed by atoms with E-state index in [-0.39, 0.29) is 35.7 Å². The molecule has 0 bridgehead atoms. The highest BCUT2D eigenvalue weighted by Gasteiger charge is 2.23. The van der Waals surface area contributed by atoms with Gasteiger partial charge in [-0.3, -0.25) is 9.59 Å². The van der Waals surface area contributed by atoms with Gasteiger partial charge in [0.15, 0.2) is 5.37 Å². The monoisotopic (exact) mass is 404 g/mol. The van der Waals surface area contributed by atoms with E-state index >= 15 is 0 Å². The molecule has 158 valence electrons. The van der Waals surface area contributed by atoms with Gasteiger partial charge in [-0.25, -0.2) is 4.79 Å². The lowest BCUT2D eigenvalue weighted by molar-refractivity contribution is -0.139. The normalized spacial score (nSPS) is 13.1. The standard InChI is InChI=1S/C19H36N2O5S/c1-18(2,3)9-7-14(22)20-10-12-26-11-8-15(23)21-16(17(24)25)27-13-19(4,5)6/h16H,7-13H2,1-6H3,(H,20,22)(H,21,23)(H,24,25). The molecule has 0 rings (SSSR count). The summed E-state index contributed by atoms with van der Waals surface area (Å²) in [4.78, 5) is 34.8. The molecule has 0 saturated heterocycles. The molecule has 0 aromatic heterocycles. The molecule has 2 amide bonds. The van der Waals surface area contributed by atoms with Crippen LogP contribution in [0.25, 0.3) is 0 Å². The predicted octanol–water partition coefficient (Wildman–Crippen LogP) is 2.64. The first-order valence-electron chi connectivity index (χ1n) is 9.28. The van der Waals surface area contributed by atoms with Gasteiger partial charge >= 0.3 is 5.97 Å². The van der Waals surface area contributed by atoms with Crippen LogP contribution in [0.4, 0.5) is 0 Å². The van der Waals surface area contributed by atoms with E-state index in [0.717, 1.165) is 6.42 Å². The first-order valence-corrected chi connectivity index (χ1v) is 10.3. The summed E-state index contributed by atoms with van der Waals surface area (Å²) in [5.74, 6) is -0.809. The molecule has 7 nitrogen and oxygen atoms in total.